The van der Waals surface area contributed by atoms with Gasteiger partial charge in [-0.3, -0.25) is 9.78 Å². The van der Waals surface area contributed by atoms with Gasteiger partial charge in [-0.2, -0.15) is 13.2 Å². The third-order valence-corrected chi connectivity index (χ3v) is 4.30. The third-order valence-electron chi connectivity index (χ3n) is 4.30. The quantitative estimate of drug-likeness (QED) is 0.942. The Balaban J connectivity index is 1.97. The average molecular weight is 321 g/mol. The molecule has 3 rings (SSSR count). The number of benzene rings is 1. The van der Waals surface area contributed by atoms with Gasteiger partial charge in [0.2, 0.25) is 0 Å². The predicted octanol–water partition coefficient (Wildman–Crippen LogP) is 3.43. The smallest absolute Gasteiger partial charge is 0.386 e. The number of aliphatic hydroxyl groups is 1. The molecule has 1 saturated carbocycles. The maximum Gasteiger partial charge on any atom is 0.416 e. The largest absolute Gasteiger partial charge is 0.416 e. The lowest BCUT2D eigenvalue weighted by Gasteiger charge is -2.44. The molecule has 0 saturated heterocycles. The molecule has 120 valence electrons. The van der Waals surface area contributed by atoms with Crippen LogP contribution in [0.3, 0.4) is 0 Å². The van der Waals surface area contributed by atoms with Crippen LogP contribution >= 0.6 is 0 Å². The van der Waals surface area contributed by atoms with Crippen LogP contribution in [0.15, 0.2) is 48.7 Å². The number of carbonyl (C=O) groups is 1. The number of pyridine rings is 1. The van der Waals surface area contributed by atoms with Crippen LogP contribution in [0.4, 0.5) is 13.2 Å². The molecule has 0 radical (unpaired) electrons. The van der Waals surface area contributed by atoms with Gasteiger partial charge in [0.15, 0.2) is 0 Å². The van der Waals surface area contributed by atoms with Crippen LogP contribution in [0.1, 0.15) is 35.8 Å². The number of carbonyl (C=O) groups excluding carboxylic acids is 1. The first-order valence-electron chi connectivity index (χ1n) is 7.11. The molecule has 1 aromatic heterocycles. The molecule has 0 spiro atoms. The van der Waals surface area contributed by atoms with E-state index in [-0.39, 0.29) is 18.6 Å². The Hall–Kier alpha value is -2.21. The maximum absolute atomic E-state index is 12.7. The first-order chi connectivity index (χ1) is 10.8. The molecular formula is C17H14F3NO2. The number of hydrogen-bond donors (Lipinski definition) is 1. The van der Waals surface area contributed by atoms with E-state index in [1.807, 2.05) is 0 Å². The van der Waals surface area contributed by atoms with Crippen molar-refractivity contribution in [1.29, 1.82) is 0 Å². The molecule has 6 heteroatoms. The molecular weight excluding hydrogens is 307 g/mol. The molecule has 2 aromatic rings. The van der Waals surface area contributed by atoms with Gasteiger partial charge in [0.1, 0.15) is 11.9 Å². The Bertz CT molecular complexity index is 703. The minimum atomic E-state index is -4.42. The van der Waals surface area contributed by atoms with E-state index in [1.54, 1.807) is 18.2 Å². The van der Waals surface area contributed by atoms with Crippen LogP contribution in [-0.4, -0.2) is 15.9 Å². The van der Waals surface area contributed by atoms with Gasteiger partial charge >= 0.3 is 6.18 Å². The standard InChI is InChI=1S/C17H14F3NO2/c18-17(19,20)12-6-4-11(5-7-12)16(9-13(22)10-16)15(23)14-3-1-2-8-21-14/h1-8,15,23H,9-10H2. The fraction of sp³-hybridized carbons (Fsp3) is 0.294. The van der Waals surface area contributed by atoms with Crippen LogP contribution in [0.2, 0.25) is 0 Å². The van der Waals surface area contributed by atoms with E-state index in [1.165, 1.54) is 18.3 Å². The van der Waals surface area contributed by atoms with Crippen LogP contribution < -0.4 is 0 Å². The molecule has 1 aliphatic rings. The second-order valence-corrected chi connectivity index (χ2v) is 5.78. The predicted molar refractivity (Wildman–Crippen MR) is 76.6 cm³/mol. The molecule has 1 N–H and O–H groups in total. The highest BCUT2D eigenvalue weighted by atomic mass is 19.4. The number of hydrogen-bond acceptors (Lipinski definition) is 3. The number of ketones is 1. The summed E-state index contributed by atoms with van der Waals surface area (Å²) in [6.45, 7) is 0. The van der Waals surface area contributed by atoms with Crippen LogP contribution in [0, 0.1) is 0 Å². The Morgan fingerprint density at radius 2 is 1.74 bits per heavy atom. The van der Waals surface area contributed by atoms with Gasteiger partial charge in [-0.05, 0) is 29.8 Å². The Labute approximate surface area is 130 Å². The van der Waals surface area contributed by atoms with E-state index in [0.29, 0.717) is 11.3 Å². The summed E-state index contributed by atoms with van der Waals surface area (Å²) >= 11 is 0. The van der Waals surface area contributed by atoms with Crippen molar-refractivity contribution in [1.82, 2.24) is 4.98 Å². The van der Waals surface area contributed by atoms with Crippen molar-refractivity contribution in [2.24, 2.45) is 0 Å². The van der Waals surface area contributed by atoms with Crippen molar-refractivity contribution in [2.75, 3.05) is 0 Å². The maximum atomic E-state index is 12.7. The van der Waals surface area contributed by atoms with Gasteiger partial charge in [-0.1, -0.05) is 18.2 Å². The molecule has 0 amide bonds. The molecule has 0 bridgehead atoms. The van der Waals surface area contributed by atoms with Crippen molar-refractivity contribution in [3.63, 3.8) is 0 Å². The van der Waals surface area contributed by atoms with Gasteiger partial charge in [-0.15, -0.1) is 0 Å². The van der Waals surface area contributed by atoms with Crippen molar-refractivity contribution < 1.29 is 23.1 Å². The van der Waals surface area contributed by atoms with Gasteiger partial charge < -0.3 is 5.11 Å². The fourth-order valence-corrected chi connectivity index (χ4v) is 3.02. The first-order valence-corrected chi connectivity index (χ1v) is 7.11. The summed E-state index contributed by atoms with van der Waals surface area (Å²) in [5.41, 5.74) is -0.743. The molecule has 1 atom stereocenters. The van der Waals surface area contributed by atoms with E-state index in [9.17, 15) is 23.1 Å². The summed E-state index contributed by atoms with van der Waals surface area (Å²) in [5.74, 6) is -0.0279. The summed E-state index contributed by atoms with van der Waals surface area (Å²) in [4.78, 5) is 15.6. The number of halogens is 3. The molecule has 1 aliphatic carbocycles. The Morgan fingerprint density at radius 3 is 2.22 bits per heavy atom. The van der Waals surface area contributed by atoms with Gasteiger partial charge in [0, 0.05) is 24.5 Å². The highest BCUT2D eigenvalue weighted by Crippen LogP contribution is 2.50. The molecule has 1 unspecified atom stereocenters. The first kappa shape index (κ1) is 15.7. The van der Waals surface area contributed by atoms with Crippen LogP contribution in [0.5, 0.6) is 0 Å². The minimum Gasteiger partial charge on any atom is -0.386 e. The lowest BCUT2D eigenvalue weighted by Crippen LogP contribution is -2.46. The monoisotopic (exact) mass is 321 g/mol. The summed E-state index contributed by atoms with van der Waals surface area (Å²) in [6, 6.07) is 9.68. The number of aliphatic hydroxyl groups excluding tert-OH is 1. The van der Waals surface area contributed by atoms with Gasteiger partial charge in [0.05, 0.1) is 11.3 Å². The molecule has 1 fully saturated rings. The lowest BCUT2D eigenvalue weighted by molar-refractivity contribution is -0.138. The van der Waals surface area contributed by atoms with Crippen molar-refractivity contribution in [3.05, 3.63) is 65.5 Å². The summed E-state index contributed by atoms with van der Waals surface area (Å²) in [6.07, 6.45) is -3.75. The number of alkyl halides is 3. The normalized spacial score (nSPS) is 18.3. The molecule has 1 heterocycles. The number of Topliss-reactive ketones (excluding diaryl/α,β-unsaturated/α-hetero) is 1. The summed E-state index contributed by atoms with van der Waals surface area (Å²) < 4.78 is 38.1. The second-order valence-electron chi connectivity index (χ2n) is 5.78. The van der Waals surface area contributed by atoms with E-state index in [4.69, 9.17) is 0 Å². The lowest BCUT2D eigenvalue weighted by atomic mass is 9.59. The van der Waals surface area contributed by atoms with Gasteiger partial charge in [-0.25, -0.2) is 0 Å². The zero-order chi connectivity index (χ0) is 16.7. The average Bonchev–Trinajstić information content (AvgIpc) is 2.51. The highest BCUT2D eigenvalue weighted by molar-refractivity contribution is 5.89. The van der Waals surface area contributed by atoms with Crippen molar-refractivity contribution in [3.8, 4) is 0 Å². The number of aromatic nitrogens is 1. The van der Waals surface area contributed by atoms with Crippen LogP contribution in [0.25, 0.3) is 0 Å². The summed E-state index contributed by atoms with van der Waals surface area (Å²) in [5, 5.41) is 10.7. The fourth-order valence-electron chi connectivity index (χ4n) is 3.02. The zero-order valence-electron chi connectivity index (χ0n) is 12.0. The number of nitrogens with zero attached hydrogens (tertiary/aromatic N) is 1. The van der Waals surface area contributed by atoms with E-state index < -0.39 is 23.3 Å². The summed E-state index contributed by atoms with van der Waals surface area (Å²) in [7, 11) is 0. The minimum absolute atomic E-state index is 0.0279. The van der Waals surface area contributed by atoms with Crippen LogP contribution in [-0.2, 0) is 16.4 Å². The molecule has 0 aliphatic heterocycles. The molecule has 23 heavy (non-hydrogen) atoms. The van der Waals surface area contributed by atoms with Crippen molar-refractivity contribution in [2.45, 2.75) is 30.5 Å². The van der Waals surface area contributed by atoms with Crippen molar-refractivity contribution >= 4 is 5.78 Å². The van der Waals surface area contributed by atoms with E-state index >= 15 is 0 Å². The van der Waals surface area contributed by atoms with E-state index in [2.05, 4.69) is 4.98 Å². The third kappa shape index (κ3) is 2.74. The Morgan fingerprint density at radius 1 is 1.09 bits per heavy atom. The van der Waals surface area contributed by atoms with E-state index in [0.717, 1.165) is 12.1 Å². The SMILES string of the molecule is O=C1CC(c2ccc(C(F)(F)F)cc2)(C(O)c2ccccn2)C1. The van der Waals surface area contributed by atoms with Gasteiger partial charge in [0.25, 0.3) is 0 Å². The number of rotatable bonds is 3. The molecule has 3 nitrogen and oxygen atoms in total. The highest BCUT2D eigenvalue weighted by Gasteiger charge is 2.51. The zero-order valence-corrected chi connectivity index (χ0v) is 12.0. The Kier molecular flexibility index (Phi) is 3.72. The topological polar surface area (TPSA) is 50.2 Å². The second kappa shape index (κ2) is 5.45. The molecule has 1 aromatic carbocycles.